The van der Waals surface area contributed by atoms with Gasteiger partial charge in [-0.05, 0) is 23.7 Å². The van der Waals surface area contributed by atoms with E-state index in [1.807, 2.05) is 30.3 Å². The summed E-state index contributed by atoms with van der Waals surface area (Å²) < 4.78 is 15.8. The Balaban J connectivity index is 2.70. The van der Waals surface area contributed by atoms with Gasteiger partial charge in [0.1, 0.15) is 0 Å². The molecule has 0 saturated heterocycles. The van der Waals surface area contributed by atoms with E-state index in [-0.39, 0.29) is 6.10 Å². The number of rotatable bonds is 3. The van der Waals surface area contributed by atoms with Crippen molar-refractivity contribution in [3.8, 4) is 0 Å². The van der Waals surface area contributed by atoms with Crippen molar-refractivity contribution < 1.29 is 9.09 Å². The molecule has 2 atom stereocenters. The zero-order valence-electron chi connectivity index (χ0n) is 7.18. The maximum atomic E-state index is 10.9. The van der Waals surface area contributed by atoms with E-state index < -0.39 is 6.87 Å². The first-order chi connectivity index (χ1) is 5.99. The molecule has 0 spiro atoms. The van der Waals surface area contributed by atoms with Crippen LogP contribution >= 0.6 is 18.1 Å². The molecule has 0 fully saturated rings. The Morgan fingerprint density at radius 1 is 1.46 bits per heavy atom. The molecule has 3 nitrogen and oxygen atoms in total. The Kier molecular flexibility index (Phi) is 3.51. The van der Waals surface area contributed by atoms with Gasteiger partial charge in [-0.1, -0.05) is 30.3 Å². The first-order valence-corrected chi connectivity index (χ1v) is 6.40. The molecule has 0 aromatic heterocycles. The van der Waals surface area contributed by atoms with Crippen LogP contribution in [-0.4, -0.2) is 0 Å². The Bertz CT molecular complexity index is 311. The van der Waals surface area contributed by atoms with Gasteiger partial charge in [0.05, 0.1) is 6.10 Å². The maximum absolute atomic E-state index is 10.9. The highest BCUT2D eigenvalue weighted by Crippen LogP contribution is 2.47. The van der Waals surface area contributed by atoms with Crippen molar-refractivity contribution in [3.63, 3.8) is 0 Å². The second-order valence-electron chi connectivity index (χ2n) is 2.68. The Morgan fingerprint density at radius 2 is 2.00 bits per heavy atom. The lowest BCUT2D eigenvalue weighted by Crippen LogP contribution is -2.00. The van der Waals surface area contributed by atoms with Gasteiger partial charge >= 0.3 is 6.87 Å². The highest BCUT2D eigenvalue weighted by molar-refractivity contribution is 7.83. The molecule has 0 saturated carbocycles. The Labute approximate surface area is 82.1 Å². The van der Waals surface area contributed by atoms with Gasteiger partial charge < -0.3 is 0 Å². The average Bonchev–Trinajstić information content (AvgIpc) is 2.03. The molecular formula is C8H11ClNO2P. The summed E-state index contributed by atoms with van der Waals surface area (Å²) in [7, 11) is 0. The number of nitrogens with two attached hydrogens (primary N) is 1. The van der Waals surface area contributed by atoms with Crippen molar-refractivity contribution in [1.82, 2.24) is 0 Å². The van der Waals surface area contributed by atoms with E-state index in [0.717, 1.165) is 5.56 Å². The molecule has 13 heavy (non-hydrogen) atoms. The summed E-state index contributed by atoms with van der Waals surface area (Å²) in [5.41, 5.74) is 5.97. The minimum absolute atomic E-state index is 0.352. The van der Waals surface area contributed by atoms with E-state index in [0.29, 0.717) is 0 Å². The summed E-state index contributed by atoms with van der Waals surface area (Å²) >= 11 is 5.29. The largest absolute Gasteiger partial charge is 0.358 e. The number of benzene rings is 1. The van der Waals surface area contributed by atoms with Crippen molar-refractivity contribution in [2.45, 2.75) is 13.0 Å². The van der Waals surface area contributed by atoms with Crippen molar-refractivity contribution in [2.24, 2.45) is 5.50 Å². The van der Waals surface area contributed by atoms with Gasteiger partial charge in [-0.2, -0.15) is 0 Å². The van der Waals surface area contributed by atoms with Gasteiger partial charge in [0.25, 0.3) is 0 Å². The molecule has 1 aromatic carbocycles. The predicted molar refractivity (Wildman–Crippen MR) is 53.6 cm³/mol. The van der Waals surface area contributed by atoms with Crippen LogP contribution in [0.15, 0.2) is 30.3 Å². The molecule has 2 N–H and O–H groups in total. The quantitative estimate of drug-likeness (QED) is 0.795. The lowest BCUT2D eigenvalue weighted by molar-refractivity contribution is 0.237. The molecular weight excluding hydrogens is 209 g/mol. The van der Waals surface area contributed by atoms with E-state index in [2.05, 4.69) is 0 Å². The maximum Gasteiger partial charge on any atom is 0.358 e. The van der Waals surface area contributed by atoms with Crippen LogP contribution in [0.5, 0.6) is 0 Å². The van der Waals surface area contributed by atoms with Crippen LogP contribution in [0.1, 0.15) is 18.6 Å². The van der Waals surface area contributed by atoms with Crippen LogP contribution in [0.4, 0.5) is 0 Å². The van der Waals surface area contributed by atoms with E-state index in [9.17, 15) is 4.57 Å². The van der Waals surface area contributed by atoms with Crippen LogP contribution in [0.25, 0.3) is 0 Å². The van der Waals surface area contributed by atoms with Crippen molar-refractivity contribution in [1.29, 1.82) is 0 Å². The minimum atomic E-state index is -3.42. The summed E-state index contributed by atoms with van der Waals surface area (Å²) in [5, 5.41) is 0. The summed E-state index contributed by atoms with van der Waals surface area (Å²) in [4.78, 5) is 0. The third kappa shape index (κ3) is 3.92. The molecule has 72 valence electrons. The van der Waals surface area contributed by atoms with Gasteiger partial charge in [0.15, 0.2) is 0 Å². The predicted octanol–water partition coefficient (Wildman–Crippen LogP) is 3.07. The third-order valence-corrected chi connectivity index (χ3v) is 2.41. The first-order valence-electron chi connectivity index (χ1n) is 3.80. The molecule has 0 aliphatic rings. The van der Waals surface area contributed by atoms with Gasteiger partial charge in [0.2, 0.25) is 0 Å². The number of hydrogen-bond donors (Lipinski definition) is 1. The average molecular weight is 220 g/mol. The molecule has 0 bridgehead atoms. The second-order valence-corrected chi connectivity index (χ2v) is 5.35. The monoisotopic (exact) mass is 219 g/mol. The molecule has 0 aliphatic heterocycles. The standard InChI is InChI=1S/C8H11ClNO2P/c1-7(12-13(9,10)11)8-5-3-2-4-6-8/h2-7H,1H3,(H2,10,11)/t7-,13?/m0/s1. The van der Waals surface area contributed by atoms with E-state index in [1.54, 1.807) is 6.92 Å². The van der Waals surface area contributed by atoms with E-state index >= 15 is 0 Å². The van der Waals surface area contributed by atoms with Crippen LogP contribution in [0, 0.1) is 0 Å². The summed E-state index contributed by atoms with van der Waals surface area (Å²) in [6.45, 7) is -1.67. The number of hydrogen-bond acceptors (Lipinski definition) is 2. The fraction of sp³-hybridized carbons (Fsp3) is 0.250. The topological polar surface area (TPSA) is 52.3 Å². The molecule has 0 heterocycles. The molecule has 1 aromatic rings. The van der Waals surface area contributed by atoms with Crippen molar-refractivity contribution in [3.05, 3.63) is 35.9 Å². The summed E-state index contributed by atoms with van der Waals surface area (Å²) in [6.07, 6.45) is -0.352. The van der Waals surface area contributed by atoms with E-state index in [4.69, 9.17) is 21.3 Å². The van der Waals surface area contributed by atoms with Gasteiger partial charge in [-0.25, -0.2) is 5.50 Å². The Morgan fingerprint density at radius 3 is 2.46 bits per heavy atom. The smallest absolute Gasteiger partial charge is 0.298 e. The first kappa shape index (κ1) is 10.7. The van der Waals surface area contributed by atoms with Crippen LogP contribution < -0.4 is 5.50 Å². The van der Waals surface area contributed by atoms with Crippen molar-refractivity contribution >= 4 is 18.1 Å². The fourth-order valence-corrected chi connectivity index (χ4v) is 1.91. The summed E-state index contributed by atoms with van der Waals surface area (Å²) in [5.74, 6) is 0. The van der Waals surface area contributed by atoms with Gasteiger partial charge in [0, 0.05) is 0 Å². The third-order valence-electron chi connectivity index (χ3n) is 1.57. The zero-order valence-corrected chi connectivity index (χ0v) is 8.83. The van der Waals surface area contributed by atoms with E-state index in [1.165, 1.54) is 0 Å². The van der Waals surface area contributed by atoms with Crippen molar-refractivity contribution in [2.75, 3.05) is 0 Å². The van der Waals surface area contributed by atoms with Crippen LogP contribution in [-0.2, 0) is 9.09 Å². The SMILES string of the molecule is C[C@H](OP(N)(=O)Cl)c1ccccc1. The highest BCUT2D eigenvalue weighted by Gasteiger charge is 2.17. The normalized spacial score (nSPS) is 17.8. The summed E-state index contributed by atoms with van der Waals surface area (Å²) in [6, 6.07) is 9.34. The lowest BCUT2D eigenvalue weighted by atomic mass is 10.1. The minimum Gasteiger partial charge on any atom is -0.298 e. The lowest BCUT2D eigenvalue weighted by Gasteiger charge is -2.14. The zero-order chi connectivity index (χ0) is 9.90. The molecule has 5 heteroatoms. The van der Waals surface area contributed by atoms with Gasteiger partial charge in [-0.15, -0.1) is 0 Å². The highest BCUT2D eigenvalue weighted by atomic mass is 35.7. The molecule has 1 rings (SSSR count). The number of halogens is 1. The Hall–Kier alpha value is -0.340. The fourth-order valence-electron chi connectivity index (χ4n) is 1.00. The van der Waals surface area contributed by atoms with Gasteiger partial charge in [-0.3, -0.25) is 9.09 Å². The van der Waals surface area contributed by atoms with Crippen LogP contribution in [0.3, 0.4) is 0 Å². The molecule has 0 amide bonds. The molecule has 0 aliphatic carbocycles. The molecule has 0 radical (unpaired) electrons. The second kappa shape index (κ2) is 4.25. The van der Waals surface area contributed by atoms with Crippen LogP contribution in [0.2, 0.25) is 0 Å². The molecule has 1 unspecified atom stereocenters.